The van der Waals surface area contributed by atoms with Gasteiger partial charge in [-0.3, -0.25) is 35.1 Å². The Bertz CT molecular complexity index is 1670. The van der Waals surface area contributed by atoms with Crippen LogP contribution in [0.4, 0.5) is 24.5 Å². The highest BCUT2D eigenvalue weighted by Crippen LogP contribution is 2.44. The molecule has 2 aromatic carbocycles. The summed E-state index contributed by atoms with van der Waals surface area (Å²) in [5, 5.41) is 39.2. The molecule has 2 N–H and O–H groups in total. The minimum absolute atomic E-state index is 0.107. The van der Waals surface area contributed by atoms with Gasteiger partial charge in [0, 0.05) is 17.8 Å². The largest absolute Gasteiger partial charge is 0.467 e. The Morgan fingerprint density at radius 2 is 1.50 bits per heavy atom. The number of dihydropyridines is 1. The molecule has 46 heavy (non-hydrogen) atoms. The summed E-state index contributed by atoms with van der Waals surface area (Å²) < 4.78 is 52.0. The van der Waals surface area contributed by atoms with E-state index in [0.29, 0.717) is 24.3 Å². The molecular weight excluding hydrogens is 627 g/mol. The number of nitro groups is 3. The quantitative estimate of drug-likeness (QED) is 0.212. The van der Waals surface area contributed by atoms with Crippen LogP contribution in [0.1, 0.15) is 48.2 Å². The lowest BCUT2D eigenvalue weighted by atomic mass is 9.81. The number of alkyl halides is 3. The second-order valence-corrected chi connectivity index (χ2v) is 9.79. The Labute approximate surface area is 256 Å². The topological polar surface area (TPSA) is 223 Å². The number of carbonyl (C=O) groups is 3. The molecule has 0 spiro atoms. The number of esters is 2. The van der Waals surface area contributed by atoms with Gasteiger partial charge in [-0.1, -0.05) is 18.2 Å². The zero-order chi connectivity index (χ0) is 34.7. The number of hydrogen-bond donors (Lipinski definition) is 2. The predicted octanol–water partition coefficient (Wildman–Crippen LogP) is 3.89. The third-order valence-corrected chi connectivity index (χ3v) is 6.81. The Balaban J connectivity index is 2.03. The van der Waals surface area contributed by atoms with E-state index >= 15 is 0 Å². The maximum absolute atomic E-state index is 14.0. The number of benzene rings is 2. The first-order valence-corrected chi connectivity index (χ1v) is 12.9. The highest BCUT2D eigenvalue weighted by atomic mass is 19.4. The third-order valence-electron chi connectivity index (χ3n) is 6.81. The molecule has 2 aromatic rings. The molecule has 1 amide bonds. The Kier molecular flexibility index (Phi) is 10.1. The molecule has 0 unspecified atom stereocenters. The van der Waals surface area contributed by atoms with Crippen LogP contribution in [0.15, 0.2) is 65.1 Å². The molecule has 0 bridgehead atoms. The van der Waals surface area contributed by atoms with Gasteiger partial charge in [-0.15, -0.1) is 0 Å². The minimum atomic E-state index is -4.98. The lowest BCUT2D eigenvalue weighted by molar-refractivity contribution is -0.431. The van der Waals surface area contributed by atoms with Gasteiger partial charge >= 0.3 is 18.1 Å². The lowest BCUT2D eigenvalue weighted by Crippen LogP contribution is -2.50. The van der Waals surface area contributed by atoms with Gasteiger partial charge in [-0.2, -0.15) is 13.2 Å². The Morgan fingerprint density at radius 1 is 0.935 bits per heavy atom. The van der Waals surface area contributed by atoms with Crippen LogP contribution in [-0.2, 0) is 25.2 Å². The van der Waals surface area contributed by atoms with Crippen molar-refractivity contribution in [3.8, 4) is 0 Å². The minimum Gasteiger partial charge on any atom is -0.467 e. The second-order valence-electron chi connectivity index (χ2n) is 9.79. The van der Waals surface area contributed by atoms with Gasteiger partial charge in [-0.05, 0) is 32.4 Å². The van der Waals surface area contributed by atoms with Crippen molar-refractivity contribution >= 4 is 29.2 Å². The summed E-state index contributed by atoms with van der Waals surface area (Å²) in [6.07, 6.45) is -6.66. The van der Waals surface area contributed by atoms with Crippen LogP contribution in [0.25, 0.3) is 0 Å². The highest BCUT2D eigenvalue weighted by Gasteiger charge is 2.46. The SMILES string of the molecule is COC(=O)[C@H](NC(=O)c1cc([N+](=O)[O-])cc([N+](=O)[O-])c1)[C@H](C)OC(=O)C1=C(C)NC(C)=C([N+](=O)[O-])[C@H]1c1ccccc1C(F)(F)F. The number of rotatable bonds is 10. The molecule has 0 saturated carbocycles. The number of halogens is 3. The van der Waals surface area contributed by atoms with Gasteiger partial charge in [0.15, 0.2) is 6.04 Å². The predicted molar refractivity (Wildman–Crippen MR) is 148 cm³/mol. The highest BCUT2D eigenvalue weighted by molar-refractivity contribution is 5.98. The van der Waals surface area contributed by atoms with E-state index in [1.807, 2.05) is 0 Å². The van der Waals surface area contributed by atoms with Crippen molar-refractivity contribution < 1.29 is 51.8 Å². The van der Waals surface area contributed by atoms with Gasteiger partial charge in [0.1, 0.15) is 12.0 Å². The second kappa shape index (κ2) is 13.4. The number of carbonyl (C=O) groups excluding carboxylic acids is 3. The average molecular weight is 652 g/mol. The molecule has 0 fully saturated rings. The van der Waals surface area contributed by atoms with Crippen LogP contribution >= 0.6 is 0 Å². The number of ether oxygens (including phenoxy) is 2. The molecule has 1 heterocycles. The van der Waals surface area contributed by atoms with Crippen LogP contribution in [0.2, 0.25) is 0 Å². The molecule has 1 aliphatic heterocycles. The summed E-state index contributed by atoms with van der Waals surface area (Å²) in [5.74, 6) is -5.78. The van der Waals surface area contributed by atoms with Crippen molar-refractivity contribution in [1.82, 2.24) is 10.6 Å². The molecule has 3 rings (SSSR count). The molecule has 0 aliphatic carbocycles. The molecule has 0 saturated heterocycles. The number of amides is 1. The molecule has 0 aromatic heterocycles. The number of non-ortho nitro benzene ring substituents is 2. The van der Waals surface area contributed by atoms with Crippen molar-refractivity contribution in [2.75, 3.05) is 7.11 Å². The van der Waals surface area contributed by atoms with Gasteiger partial charge in [0.2, 0.25) is 0 Å². The first kappa shape index (κ1) is 34.6. The van der Waals surface area contributed by atoms with Gasteiger partial charge in [0.05, 0.1) is 50.3 Å². The lowest BCUT2D eigenvalue weighted by Gasteiger charge is -2.30. The first-order valence-electron chi connectivity index (χ1n) is 12.9. The average Bonchev–Trinajstić information content (AvgIpc) is 2.97. The van der Waals surface area contributed by atoms with Crippen molar-refractivity contribution in [2.24, 2.45) is 0 Å². The fraction of sp³-hybridized carbons (Fsp3) is 0.296. The van der Waals surface area contributed by atoms with Crippen LogP contribution < -0.4 is 10.6 Å². The normalized spacial score (nSPS) is 16.1. The van der Waals surface area contributed by atoms with Crippen molar-refractivity contribution in [1.29, 1.82) is 0 Å². The molecular formula is C27H24F3N5O11. The van der Waals surface area contributed by atoms with Crippen LogP contribution in [0, 0.1) is 30.3 Å². The van der Waals surface area contributed by atoms with E-state index in [2.05, 4.69) is 15.4 Å². The fourth-order valence-corrected chi connectivity index (χ4v) is 4.76. The Morgan fingerprint density at radius 3 is 2.00 bits per heavy atom. The van der Waals surface area contributed by atoms with Crippen molar-refractivity contribution in [3.05, 3.63) is 112 Å². The number of allylic oxidation sites excluding steroid dienone is 3. The van der Waals surface area contributed by atoms with E-state index in [4.69, 9.17) is 4.74 Å². The molecule has 19 heteroatoms. The first-order chi connectivity index (χ1) is 21.4. The summed E-state index contributed by atoms with van der Waals surface area (Å²) in [6.45, 7) is 3.58. The summed E-state index contributed by atoms with van der Waals surface area (Å²) in [7, 11) is 0.896. The number of hydrogen-bond acceptors (Lipinski definition) is 12. The maximum atomic E-state index is 14.0. The number of nitrogens with zero attached hydrogens (tertiary/aromatic N) is 3. The summed E-state index contributed by atoms with van der Waals surface area (Å²) >= 11 is 0. The molecule has 3 atom stereocenters. The molecule has 0 radical (unpaired) electrons. The number of methoxy groups -OCH3 is 1. The van der Waals surface area contributed by atoms with Crippen LogP contribution in [0.3, 0.4) is 0 Å². The van der Waals surface area contributed by atoms with E-state index in [-0.39, 0.29) is 11.4 Å². The Hall–Kier alpha value is -5.88. The van der Waals surface area contributed by atoms with Crippen LogP contribution in [-0.4, -0.2) is 51.9 Å². The van der Waals surface area contributed by atoms with E-state index in [0.717, 1.165) is 26.2 Å². The standard InChI is InChI=1S/C27H24F3N5O11/c1-12-20(21(23(35(43)44)13(2)31-12)18-7-5-6-8-19(18)27(28,29)30)25(37)46-14(3)22(26(38)45-4)32-24(36)15-9-16(33(39)40)11-17(10-15)34(41)42/h5-11,14,21-22,31H,1-4H3,(H,32,36)/t14-,21-,22+/m0/s1. The van der Waals surface area contributed by atoms with Crippen molar-refractivity contribution in [2.45, 2.75) is 45.0 Å². The van der Waals surface area contributed by atoms with Crippen molar-refractivity contribution in [3.63, 3.8) is 0 Å². The molecule has 1 aliphatic rings. The number of nitro benzene ring substituents is 2. The van der Waals surface area contributed by atoms with E-state index in [1.165, 1.54) is 19.9 Å². The van der Waals surface area contributed by atoms with Gasteiger partial charge in [0.25, 0.3) is 23.0 Å². The fourth-order valence-electron chi connectivity index (χ4n) is 4.76. The van der Waals surface area contributed by atoms with Crippen LogP contribution in [0.5, 0.6) is 0 Å². The summed E-state index contributed by atoms with van der Waals surface area (Å²) in [5.41, 5.74) is -5.81. The van der Waals surface area contributed by atoms with Gasteiger partial charge < -0.3 is 20.1 Å². The van der Waals surface area contributed by atoms with E-state index in [1.54, 1.807) is 0 Å². The summed E-state index contributed by atoms with van der Waals surface area (Å²) in [4.78, 5) is 70.8. The van der Waals surface area contributed by atoms with E-state index in [9.17, 15) is 57.9 Å². The zero-order valence-corrected chi connectivity index (χ0v) is 24.2. The molecule has 16 nitrogen and oxygen atoms in total. The monoisotopic (exact) mass is 651 g/mol. The van der Waals surface area contributed by atoms with Gasteiger partial charge in [-0.25, -0.2) is 9.59 Å². The van der Waals surface area contributed by atoms with E-state index < -0.39 is 96.2 Å². The smallest absolute Gasteiger partial charge is 0.416 e. The molecule has 244 valence electrons. The number of nitrogens with one attached hydrogen (secondary N) is 2. The maximum Gasteiger partial charge on any atom is 0.416 e. The summed E-state index contributed by atoms with van der Waals surface area (Å²) in [6, 6.07) is 4.01. The third kappa shape index (κ3) is 7.25. The zero-order valence-electron chi connectivity index (χ0n) is 24.2.